The minimum Gasteiger partial charge on any atom is -0.481 e. The third-order valence-corrected chi connectivity index (χ3v) is 3.40. The summed E-state index contributed by atoms with van der Waals surface area (Å²) < 4.78 is 5.31. The summed E-state index contributed by atoms with van der Waals surface area (Å²) in [6.45, 7) is 2.85. The topological polar surface area (TPSA) is 78.9 Å². The van der Waals surface area contributed by atoms with Crippen LogP contribution in [0.15, 0.2) is 24.3 Å². The lowest BCUT2D eigenvalue weighted by molar-refractivity contribution is -0.136. The summed E-state index contributed by atoms with van der Waals surface area (Å²) in [7, 11) is 0. The molecule has 2 rings (SSSR count). The van der Waals surface area contributed by atoms with Crippen molar-refractivity contribution in [2.45, 2.75) is 19.4 Å². The molecule has 6 nitrogen and oxygen atoms in total. The van der Waals surface area contributed by atoms with Gasteiger partial charge in [0.15, 0.2) is 0 Å². The van der Waals surface area contributed by atoms with Gasteiger partial charge in [0.2, 0.25) is 0 Å². The molecule has 1 fully saturated rings. The smallest absolute Gasteiger partial charge is 0.317 e. The van der Waals surface area contributed by atoms with Crippen LogP contribution < -0.4 is 5.32 Å². The van der Waals surface area contributed by atoms with Crippen LogP contribution in [0.4, 0.5) is 4.79 Å². The average Bonchev–Trinajstić information content (AvgIpc) is 2.74. The van der Waals surface area contributed by atoms with Crippen LogP contribution in [0.5, 0.6) is 0 Å². The number of nitrogens with zero attached hydrogens (tertiary/aromatic N) is 1. The van der Waals surface area contributed by atoms with Crippen molar-refractivity contribution in [3.05, 3.63) is 35.4 Å². The lowest BCUT2D eigenvalue weighted by Crippen LogP contribution is -2.41. The maximum Gasteiger partial charge on any atom is 0.317 e. The summed E-state index contributed by atoms with van der Waals surface area (Å²) in [4.78, 5) is 24.7. The molecule has 0 atom stereocenters. The van der Waals surface area contributed by atoms with Crippen LogP contribution in [-0.2, 0) is 22.5 Å². The molecule has 1 aromatic carbocycles. The molecule has 0 bridgehead atoms. The maximum absolute atomic E-state index is 12.1. The van der Waals surface area contributed by atoms with Crippen molar-refractivity contribution in [1.82, 2.24) is 10.2 Å². The monoisotopic (exact) mass is 292 g/mol. The quantitative estimate of drug-likeness (QED) is 0.875. The molecule has 21 heavy (non-hydrogen) atoms. The molecule has 6 heteroatoms. The zero-order valence-corrected chi connectivity index (χ0v) is 11.9. The van der Waals surface area contributed by atoms with Crippen LogP contribution in [-0.4, -0.2) is 48.3 Å². The Morgan fingerprint density at radius 2 is 1.95 bits per heavy atom. The van der Waals surface area contributed by atoms with Gasteiger partial charge in [-0.1, -0.05) is 24.3 Å². The second-order valence-electron chi connectivity index (χ2n) is 4.95. The van der Waals surface area contributed by atoms with E-state index >= 15 is 0 Å². The highest BCUT2D eigenvalue weighted by Crippen LogP contribution is 2.10. The van der Waals surface area contributed by atoms with Crippen LogP contribution in [0.2, 0.25) is 0 Å². The summed E-state index contributed by atoms with van der Waals surface area (Å²) in [5.74, 6) is -0.876. The maximum atomic E-state index is 12.1. The molecule has 1 aromatic rings. The number of carbonyl (C=O) groups excluding carboxylic acids is 1. The molecular weight excluding hydrogens is 272 g/mol. The molecule has 1 aliphatic heterocycles. The fourth-order valence-corrected chi connectivity index (χ4v) is 2.30. The SMILES string of the molecule is O=C(O)Cc1ccccc1CNC(=O)N1CCCOCC1. The number of ether oxygens (including phenoxy) is 1. The van der Waals surface area contributed by atoms with Gasteiger partial charge in [0.25, 0.3) is 0 Å². The van der Waals surface area contributed by atoms with Crippen LogP contribution in [0, 0.1) is 0 Å². The molecule has 2 amide bonds. The fourth-order valence-electron chi connectivity index (χ4n) is 2.30. The Balaban J connectivity index is 1.92. The van der Waals surface area contributed by atoms with E-state index < -0.39 is 5.97 Å². The predicted molar refractivity (Wildman–Crippen MR) is 77.0 cm³/mol. The minimum atomic E-state index is -0.876. The van der Waals surface area contributed by atoms with Gasteiger partial charge in [-0.3, -0.25) is 4.79 Å². The summed E-state index contributed by atoms with van der Waals surface area (Å²) in [6, 6.07) is 7.12. The Morgan fingerprint density at radius 1 is 1.19 bits per heavy atom. The first kappa shape index (κ1) is 15.3. The molecule has 0 spiro atoms. The molecule has 0 aliphatic carbocycles. The molecule has 0 saturated carbocycles. The second kappa shape index (κ2) is 7.64. The highest BCUT2D eigenvalue weighted by atomic mass is 16.5. The molecule has 0 aromatic heterocycles. The van der Waals surface area contributed by atoms with Crippen molar-refractivity contribution in [3.8, 4) is 0 Å². The van der Waals surface area contributed by atoms with Crippen molar-refractivity contribution in [2.75, 3.05) is 26.3 Å². The number of urea groups is 1. The van der Waals surface area contributed by atoms with Gasteiger partial charge in [0.05, 0.1) is 13.0 Å². The highest BCUT2D eigenvalue weighted by Gasteiger charge is 2.15. The lowest BCUT2D eigenvalue weighted by atomic mass is 10.0. The molecule has 1 heterocycles. The van der Waals surface area contributed by atoms with E-state index in [4.69, 9.17) is 9.84 Å². The first-order chi connectivity index (χ1) is 10.2. The number of carboxylic acid groups (broad SMARTS) is 1. The van der Waals surface area contributed by atoms with Crippen LogP contribution >= 0.6 is 0 Å². The first-order valence-electron chi connectivity index (χ1n) is 7.06. The predicted octanol–water partition coefficient (Wildman–Crippen LogP) is 1.25. The zero-order chi connectivity index (χ0) is 15.1. The van der Waals surface area contributed by atoms with Crippen molar-refractivity contribution < 1.29 is 19.4 Å². The van der Waals surface area contributed by atoms with E-state index in [1.807, 2.05) is 12.1 Å². The van der Waals surface area contributed by atoms with Gasteiger partial charge in [-0.15, -0.1) is 0 Å². The van der Waals surface area contributed by atoms with Crippen molar-refractivity contribution >= 4 is 12.0 Å². The normalized spacial score (nSPS) is 15.3. The van der Waals surface area contributed by atoms with Crippen molar-refractivity contribution in [2.24, 2.45) is 0 Å². The van der Waals surface area contributed by atoms with E-state index in [0.29, 0.717) is 32.8 Å². The summed E-state index contributed by atoms with van der Waals surface area (Å²) >= 11 is 0. The number of amides is 2. The van der Waals surface area contributed by atoms with E-state index in [-0.39, 0.29) is 12.5 Å². The molecule has 2 N–H and O–H groups in total. The number of aliphatic carboxylic acids is 1. The van der Waals surface area contributed by atoms with Gasteiger partial charge < -0.3 is 20.1 Å². The summed E-state index contributed by atoms with van der Waals surface area (Å²) in [5, 5.41) is 11.7. The second-order valence-corrected chi connectivity index (χ2v) is 4.95. The van der Waals surface area contributed by atoms with Gasteiger partial charge in [-0.05, 0) is 17.5 Å². The van der Waals surface area contributed by atoms with E-state index in [0.717, 1.165) is 17.5 Å². The molecule has 0 radical (unpaired) electrons. The number of hydrogen-bond donors (Lipinski definition) is 2. The van der Waals surface area contributed by atoms with Crippen LogP contribution in [0.1, 0.15) is 17.5 Å². The van der Waals surface area contributed by atoms with E-state index in [9.17, 15) is 9.59 Å². The van der Waals surface area contributed by atoms with Gasteiger partial charge in [0, 0.05) is 26.2 Å². The number of benzene rings is 1. The van der Waals surface area contributed by atoms with Gasteiger partial charge in [0.1, 0.15) is 0 Å². The third-order valence-electron chi connectivity index (χ3n) is 3.40. The Bertz CT molecular complexity index is 496. The summed E-state index contributed by atoms with van der Waals surface area (Å²) in [5.41, 5.74) is 1.56. The van der Waals surface area contributed by atoms with E-state index in [2.05, 4.69) is 5.32 Å². The fraction of sp³-hybridized carbons (Fsp3) is 0.467. The standard InChI is InChI=1S/C15H20N2O4/c18-14(19)10-12-4-1-2-5-13(12)11-16-15(20)17-6-3-8-21-9-7-17/h1-2,4-5H,3,6-11H2,(H,16,20)(H,18,19). The minimum absolute atomic E-state index is 0.0381. The molecule has 1 aliphatic rings. The average molecular weight is 292 g/mol. The van der Waals surface area contributed by atoms with Gasteiger partial charge in [-0.2, -0.15) is 0 Å². The number of carboxylic acids is 1. The highest BCUT2D eigenvalue weighted by molar-refractivity contribution is 5.74. The molecule has 0 unspecified atom stereocenters. The Kier molecular flexibility index (Phi) is 5.57. The first-order valence-corrected chi connectivity index (χ1v) is 7.06. The Hall–Kier alpha value is -2.08. The van der Waals surface area contributed by atoms with Crippen molar-refractivity contribution in [3.63, 3.8) is 0 Å². The Labute approximate surface area is 123 Å². The number of carbonyl (C=O) groups is 2. The van der Waals surface area contributed by atoms with Crippen LogP contribution in [0.3, 0.4) is 0 Å². The number of rotatable bonds is 4. The molecule has 1 saturated heterocycles. The Morgan fingerprint density at radius 3 is 2.71 bits per heavy atom. The number of nitrogens with one attached hydrogen (secondary N) is 1. The lowest BCUT2D eigenvalue weighted by Gasteiger charge is -2.20. The van der Waals surface area contributed by atoms with Crippen LogP contribution in [0.25, 0.3) is 0 Å². The number of hydrogen-bond acceptors (Lipinski definition) is 3. The van der Waals surface area contributed by atoms with Gasteiger partial charge >= 0.3 is 12.0 Å². The van der Waals surface area contributed by atoms with Crippen molar-refractivity contribution in [1.29, 1.82) is 0 Å². The van der Waals surface area contributed by atoms with Gasteiger partial charge in [-0.25, -0.2) is 4.79 Å². The zero-order valence-electron chi connectivity index (χ0n) is 11.9. The molecular formula is C15H20N2O4. The van der Waals surface area contributed by atoms with E-state index in [1.54, 1.807) is 17.0 Å². The third kappa shape index (κ3) is 4.75. The van der Waals surface area contributed by atoms with E-state index in [1.165, 1.54) is 0 Å². The largest absolute Gasteiger partial charge is 0.481 e. The molecule has 114 valence electrons. The summed E-state index contributed by atoms with van der Waals surface area (Å²) in [6.07, 6.45) is 0.798.